The molecule has 2 nitrogen and oxygen atoms in total. The molecular formula is C10H10Br2N2. The van der Waals surface area contributed by atoms with E-state index < -0.39 is 0 Å². The third-order valence-corrected chi connectivity index (χ3v) is 2.93. The molecule has 0 saturated heterocycles. The standard InChI is InChI=1S/C10H10Br2N2/c1-7(5-13)6-14-10-4-8(11)2-3-9(10)12/h2-4,7,14H,6H2,1H3. The van der Waals surface area contributed by atoms with Crippen LogP contribution in [0.3, 0.4) is 0 Å². The van der Waals surface area contributed by atoms with Gasteiger partial charge in [-0.2, -0.15) is 5.26 Å². The number of benzene rings is 1. The fourth-order valence-electron chi connectivity index (χ4n) is 0.942. The summed E-state index contributed by atoms with van der Waals surface area (Å²) in [6, 6.07) is 8.08. The first-order chi connectivity index (χ1) is 6.63. The van der Waals surface area contributed by atoms with Crippen LogP contribution in [0.15, 0.2) is 27.1 Å². The van der Waals surface area contributed by atoms with Gasteiger partial charge in [0.25, 0.3) is 0 Å². The Labute approximate surface area is 101 Å². The van der Waals surface area contributed by atoms with Crippen molar-refractivity contribution in [2.24, 2.45) is 5.92 Å². The summed E-state index contributed by atoms with van der Waals surface area (Å²) in [5, 5.41) is 11.8. The van der Waals surface area contributed by atoms with Crippen LogP contribution in [0.5, 0.6) is 0 Å². The van der Waals surface area contributed by atoms with Crippen LogP contribution >= 0.6 is 31.9 Å². The van der Waals surface area contributed by atoms with E-state index in [-0.39, 0.29) is 5.92 Å². The van der Waals surface area contributed by atoms with Gasteiger partial charge in [-0.25, -0.2) is 0 Å². The van der Waals surface area contributed by atoms with Crippen molar-refractivity contribution in [3.05, 3.63) is 27.1 Å². The molecule has 1 atom stereocenters. The summed E-state index contributed by atoms with van der Waals surface area (Å²) in [6.45, 7) is 2.55. The minimum Gasteiger partial charge on any atom is -0.383 e. The van der Waals surface area contributed by atoms with Crippen LogP contribution in [0.4, 0.5) is 5.69 Å². The van der Waals surface area contributed by atoms with Gasteiger partial charge in [0.05, 0.1) is 12.0 Å². The molecule has 0 heterocycles. The molecule has 0 spiro atoms. The second-order valence-electron chi connectivity index (χ2n) is 3.04. The number of rotatable bonds is 3. The van der Waals surface area contributed by atoms with Gasteiger partial charge in [0.15, 0.2) is 0 Å². The number of hydrogen-bond acceptors (Lipinski definition) is 2. The molecule has 74 valence electrons. The smallest absolute Gasteiger partial charge is 0.0671 e. The molecule has 0 aliphatic carbocycles. The zero-order chi connectivity index (χ0) is 10.6. The third kappa shape index (κ3) is 3.32. The molecule has 1 aromatic rings. The van der Waals surface area contributed by atoms with Crippen molar-refractivity contribution in [2.75, 3.05) is 11.9 Å². The summed E-state index contributed by atoms with van der Waals surface area (Å²) in [5.41, 5.74) is 1.00. The molecule has 1 aromatic carbocycles. The molecule has 0 amide bonds. The van der Waals surface area contributed by atoms with E-state index >= 15 is 0 Å². The van der Waals surface area contributed by atoms with Crippen LogP contribution in [-0.4, -0.2) is 6.54 Å². The maximum atomic E-state index is 8.63. The molecule has 1 unspecified atom stereocenters. The zero-order valence-electron chi connectivity index (χ0n) is 7.72. The number of nitrogens with zero attached hydrogens (tertiary/aromatic N) is 1. The molecule has 0 fully saturated rings. The van der Waals surface area contributed by atoms with Crippen molar-refractivity contribution in [2.45, 2.75) is 6.92 Å². The summed E-state index contributed by atoms with van der Waals surface area (Å²) in [7, 11) is 0. The molecule has 0 aliphatic heterocycles. The Balaban J connectivity index is 2.67. The van der Waals surface area contributed by atoms with E-state index in [1.165, 1.54) is 0 Å². The van der Waals surface area contributed by atoms with E-state index in [1.807, 2.05) is 25.1 Å². The van der Waals surface area contributed by atoms with E-state index in [9.17, 15) is 0 Å². The number of nitrogens with one attached hydrogen (secondary N) is 1. The molecule has 14 heavy (non-hydrogen) atoms. The highest BCUT2D eigenvalue weighted by molar-refractivity contribution is 9.11. The summed E-state index contributed by atoms with van der Waals surface area (Å²) in [6.07, 6.45) is 0. The van der Waals surface area contributed by atoms with Gasteiger partial charge in [-0.05, 0) is 41.1 Å². The van der Waals surface area contributed by atoms with E-state index in [1.54, 1.807) is 0 Å². The Kier molecular flexibility index (Phi) is 4.43. The van der Waals surface area contributed by atoms with Gasteiger partial charge in [0, 0.05) is 21.2 Å². The Morgan fingerprint density at radius 2 is 2.21 bits per heavy atom. The molecule has 0 radical (unpaired) electrons. The zero-order valence-corrected chi connectivity index (χ0v) is 10.9. The first-order valence-corrected chi connectivity index (χ1v) is 5.80. The summed E-state index contributed by atoms with van der Waals surface area (Å²) in [5.74, 6) is 0.0147. The molecule has 1 rings (SSSR count). The SMILES string of the molecule is CC(C#N)CNc1cc(Br)ccc1Br. The molecular weight excluding hydrogens is 308 g/mol. The molecule has 0 saturated carbocycles. The number of hydrogen-bond donors (Lipinski definition) is 1. The van der Waals surface area contributed by atoms with Gasteiger partial charge in [-0.1, -0.05) is 15.9 Å². The summed E-state index contributed by atoms with van der Waals surface area (Å²) < 4.78 is 2.03. The van der Waals surface area contributed by atoms with Crippen LogP contribution in [0.1, 0.15) is 6.92 Å². The number of anilines is 1. The van der Waals surface area contributed by atoms with Crippen molar-refractivity contribution in [1.82, 2.24) is 0 Å². The Morgan fingerprint density at radius 1 is 1.50 bits per heavy atom. The quantitative estimate of drug-likeness (QED) is 0.920. The van der Waals surface area contributed by atoms with Crippen molar-refractivity contribution >= 4 is 37.5 Å². The molecule has 4 heteroatoms. The first-order valence-electron chi connectivity index (χ1n) is 4.22. The van der Waals surface area contributed by atoms with Crippen molar-refractivity contribution in [1.29, 1.82) is 5.26 Å². The predicted octanol–water partition coefficient (Wildman–Crippen LogP) is 3.78. The maximum absolute atomic E-state index is 8.63. The van der Waals surface area contributed by atoms with Crippen LogP contribution in [0.2, 0.25) is 0 Å². The lowest BCUT2D eigenvalue weighted by molar-refractivity contribution is 0.786. The first kappa shape index (κ1) is 11.5. The fourth-order valence-corrected chi connectivity index (χ4v) is 1.69. The second kappa shape index (κ2) is 5.38. The third-order valence-electron chi connectivity index (χ3n) is 1.75. The van der Waals surface area contributed by atoms with Crippen LogP contribution in [0, 0.1) is 17.2 Å². The fraction of sp³-hybridized carbons (Fsp3) is 0.300. The molecule has 1 N–H and O–H groups in total. The van der Waals surface area contributed by atoms with Crippen molar-refractivity contribution < 1.29 is 0 Å². The topological polar surface area (TPSA) is 35.8 Å². The lowest BCUT2D eigenvalue weighted by atomic mass is 10.2. The Morgan fingerprint density at radius 3 is 2.86 bits per heavy atom. The van der Waals surface area contributed by atoms with Gasteiger partial charge < -0.3 is 5.32 Å². The van der Waals surface area contributed by atoms with Gasteiger partial charge >= 0.3 is 0 Å². The summed E-state index contributed by atoms with van der Waals surface area (Å²) in [4.78, 5) is 0. The average Bonchev–Trinajstić information content (AvgIpc) is 2.19. The van der Waals surface area contributed by atoms with Crippen molar-refractivity contribution in [3.8, 4) is 6.07 Å². The number of nitriles is 1. The minimum absolute atomic E-state index is 0.0147. The predicted molar refractivity (Wildman–Crippen MR) is 65.1 cm³/mol. The highest BCUT2D eigenvalue weighted by atomic mass is 79.9. The lowest BCUT2D eigenvalue weighted by Gasteiger charge is -2.09. The average molecular weight is 318 g/mol. The normalized spacial score (nSPS) is 11.9. The van der Waals surface area contributed by atoms with Gasteiger partial charge in [-0.3, -0.25) is 0 Å². The van der Waals surface area contributed by atoms with Crippen molar-refractivity contribution in [3.63, 3.8) is 0 Å². The molecule has 0 aliphatic rings. The van der Waals surface area contributed by atoms with Gasteiger partial charge in [-0.15, -0.1) is 0 Å². The van der Waals surface area contributed by atoms with E-state index in [0.29, 0.717) is 6.54 Å². The highest BCUT2D eigenvalue weighted by Gasteiger charge is 2.02. The maximum Gasteiger partial charge on any atom is 0.0671 e. The van der Waals surface area contributed by atoms with E-state index in [4.69, 9.17) is 5.26 Å². The largest absolute Gasteiger partial charge is 0.383 e. The number of halogens is 2. The lowest BCUT2D eigenvalue weighted by Crippen LogP contribution is -2.09. The van der Waals surface area contributed by atoms with E-state index in [2.05, 4.69) is 43.2 Å². The van der Waals surface area contributed by atoms with Crippen LogP contribution in [0.25, 0.3) is 0 Å². The van der Waals surface area contributed by atoms with Crippen LogP contribution in [-0.2, 0) is 0 Å². The van der Waals surface area contributed by atoms with Crippen LogP contribution < -0.4 is 5.32 Å². The van der Waals surface area contributed by atoms with Gasteiger partial charge in [0.2, 0.25) is 0 Å². The second-order valence-corrected chi connectivity index (χ2v) is 4.81. The summed E-state index contributed by atoms with van der Waals surface area (Å²) >= 11 is 6.83. The minimum atomic E-state index is 0.0147. The molecule has 0 bridgehead atoms. The Bertz CT molecular complexity index is 358. The molecule has 0 aromatic heterocycles. The van der Waals surface area contributed by atoms with E-state index in [0.717, 1.165) is 14.6 Å². The van der Waals surface area contributed by atoms with Gasteiger partial charge in [0.1, 0.15) is 0 Å². The highest BCUT2D eigenvalue weighted by Crippen LogP contribution is 2.26. The monoisotopic (exact) mass is 316 g/mol. The Hall–Kier alpha value is -0.530.